The van der Waals surface area contributed by atoms with Crippen molar-refractivity contribution < 1.29 is 4.79 Å². The lowest BCUT2D eigenvalue weighted by molar-refractivity contribution is 0.0953. The monoisotopic (exact) mass is 474 g/mol. The van der Waals surface area contributed by atoms with E-state index in [0.717, 1.165) is 55.9 Å². The van der Waals surface area contributed by atoms with Gasteiger partial charge in [-0.25, -0.2) is 9.67 Å². The zero-order valence-electron chi connectivity index (χ0n) is 19.5. The number of piperazine rings is 1. The first-order valence-corrected chi connectivity index (χ1v) is 12.7. The Bertz CT molecular complexity index is 1230. The molecule has 1 aromatic carbocycles. The van der Waals surface area contributed by atoms with Crippen molar-refractivity contribution in [1.29, 1.82) is 0 Å². The van der Waals surface area contributed by atoms with E-state index in [1.807, 2.05) is 23.7 Å². The van der Waals surface area contributed by atoms with Gasteiger partial charge in [-0.2, -0.15) is 5.10 Å². The number of nitrogens with one attached hydrogen (secondary N) is 1. The second kappa shape index (κ2) is 10.4. The van der Waals surface area contributed by atoms with Crippen LogP contribution in [0, 0.1) is 6.92 Å². The summed E-state index contributed by atoms with van der Waals surface area (Å²) >= 11 is 1.69. The van der Waals surface area contributed by atoms with Gasteiger partial charge in [-0.05, 0) is 49.5 Å². The lowest BCUT2D eigenvalue weighted by atomic mass is 10.1. The number of aromatic nitrogens is 3. The SMILES string of the molecule is Cc1cc(C(=O)NCCCN2CCN(c3ccccc3)CC2)c2cnn(Cc3cccs3)c2n1. The predicted octanol–water partition coefficient (Wildman–Crippen LogP) is 3.79. The van der Waals surface area contributed by atoms with Crippen molar-refractivity contribution in [2.75, 3.05) is 44.2 Å². The summed E-state index contributed by atoms with van der Waals surface area (Å²) in [5, 5.41) is 10.5. The Kier molecular flexibility index (Phi) is 6.87. The number of para-hydroxylation sites is 1. The molecule has 4 heterocycles. The van der Waals surface area contributed by atoms with Crippen LogP contribution in [0.4, 0.5) is 5.69 Å². The molecule has 1 aliphatic heterocycles. The van der Waals surface area contributed by atoms with E-state index < -0.39 is 0 Å². The number of hydrogen-bond donors (Lipinski definition) is 1. The fourth-order valence-electron chi connectivity index (χ4n) is 4.49. The Morgan fingerprint density at radius 2 is 1.91 bits per heavy atom. The minimum Gasteiger partial charge on any atom is -0.369 e. The molecule has 1 fully saturated rings. The van der Waals surface area contributed by atoms with E-state index >= 15 is 0 Å². The summed E-state index contributed by atoms with van der Waals surface area (Å²) in [6, 6.07) is 16.6. The quantitative estimate of drug-likeness (QED) is 0.394. The lowest BCUT2D eigenvalue weighted by Gasteiger charge is -2.36. The third kappa shape index (κ3) is 5.13. The van der Waals surface area contributed by atoms with E-state index in [2.05, 4.69) is 67.0 Å². The van der Waals surface area contributed by atoms with Crippen molar-refractivity contribution in [3.8, 4) is 0 Å². The summed E-state index contributed by atoms with van der Waals surface area (Å²) in [5.41, 5.74) is 3.53. The van der Waals surface area contributed by atoms with Gasteiger partial charge in [0.05, 0.1) is 23.7 Å². The molecule has 0 radical (unpaired) electrons. The predicted molar refractivity (Wildman–Crippen MR) is 138 cm³/mol. The van der Waals surface area contributed by atoms with Crippen molar-refractivity contribution in [3.63, 3.8) is 0 Å². The molecule has 8 heteroatoms. The second-order valence-corrected chi connectivity index (χ2v) is 9.74. The molecule has 1 N–H and O–H groups in total. The van der Waals surface area contributed by atoms with Crippen molar-refractivity contribution in [1.82, 2.24) is 25.0 Å². The van der Waals surface area contributed by atoms with Crippen LogP contribution in [-0.2, 0) is 6.54 Å². The van der Waals surface area contributed by atoms with Gasteiger partial charge in [-0.1, -0.05) is 24.3 Å². The van der Waals surface area contributed by atoms with Gasteiger partial charge in [0.2, 0.25) is 0 Å². The van der Waals surface area contributed by atoms with Gasteiger partial charge < -0.3 is 10.2 Å². The molecule has 1 saturated heterocycles. The topological polar surface area (TPSA) is 66.3 Å². The molecule has 0 unspecified atom stereocenters. The van der Waals surface area contributed by atoms with Crippen LogP contribution in [0.3, 0.4) is 0 Å². The van der Waals surface area contributed by atoms with Gasteiger partial charge in [0.1, 0.15) is 0 Å². The van der Waals surface area contributed by atoms with Gasteiger partial charge in [0, 0.05) is 49.0 Å². The highest BCUT2D eigenvalue weighted by molar-refractivity contribution is 7.09. The molecule has 0 aliphatic carbocycles. The highest BCUT2D eigenvalue weighted by Crippen LogP contribution is 2.20. The fourth-order valence-corrected chi connectivity index (χ4v) is 5.18. The maximum atomic E-state index is 13.0. The molecule has 3 aromatic heterocycles. The van der Waals surface area contributed by atoms with Gasteiger partial charge >= 0.3 is 0 Å². The van der Waals surface area contributed by atoms with Crippen LogP contribution in [0.5, 0.6) is 0 Å². The number of aryl methyl sites for hydroxylation is 1. The number of carbonyl (C=O) groups is 1. The Hall–Kier alpha value is -3.23. The summed E-state index contributed by atoms with van der Waals surface area (Å²) < 4.78 is 1.88. The number of nitrogens with zero attached hydrogens (tertiary/aromatic N) is 5. The van der Waals surface area contributed by atoms with E-state index in [1.54, 1.807) is 17.5 Å². The molecule has 5 rings (SSSR count). The summed E-state index contributed by atoms with van der Waals surface area (Å²) in [4.78, 5) is 23.8. The smallest absolute Gasteiger partial charge is 0.252 e. The van der Waals surface area contributed by atoms with Gasteiger partial charge in [-0.15, -0.1) is 11.3 Å². The molecular formula is C26H30N6OS. The molecule has 0 atom stereocenters. The molecule has 0 bridgehead atoms. The molecular weight excluding hydrogens is 444 g/mol. The van der Waals surface area contributed by atoms with Crippen LogP contribution in [0.1, 0.15) is 27.3 Å². The highest BCUT2D eigenvalue weighted by atomic mass is 32.1. The number of carbonyl (C=O) groups excluding carboxylic acids is 1. The number of hydrogen-bond acceptors (Lipinski definition) is 6. The molecule has 0 spiro atoms. The van der Waals surface area contributed by atoms with E-state index in [0.29, 0.717) is 18.7 Å². The zero-order chi connectivity index (χ0) is 23.3. The maximum absolute atomic E-state index is 13.0. The molecule has 176 valence electrons. The molecule has 34 heavy (non-hydrogen) atoms. The standard InChI is InChI=1S/C26H30N6OS/c1-20-17-23(24-18-28-32(25(24)29-20)19-22-9-5-16-34-22)26(33)27-10-6-11-30-12-14-31(15-13-30)21-7-3-2-4-8-21/h2-5,7-9,16-18H,6,10-15,19H2,1H3,(H,27,33). The average Bonchev–Trinajstić information content (AvgIpc) is 3.53. The van der Waals surface area contributed by atoms with Crippen molar-refractivity contribution in [3.05, 3.63) is 76.2 Å². The summed E-state index contributed by atoms with van der Waals surface area (Å²) in [5.74, 6) is -0.0555. The third-order valence-corrected chi connectivity index (χ3v) is 7.16. The van der Waals surface area contributed by atoms with Crippen LogP contribution in [0.15, 0.2) is 60.1 Å². The van der Waals surface area contributed by atoms with E-state index in [4.69, 9.17) is 0 Å². The van der Waals surface area contributed by atoms with E-state index in [-0.39, 0.29) is 5.91 Å². The molecule has 0 saturated carbocycles. The van der Waals surface area contributed by atoms with Gasteiger partial charge in [-0.3, -0.25) is 9.69 Å². The lowest BCUT2D eigenvalue weighted by Crippen LogP contribution is -2.47. The van der Waals surface area contributed by atoms with E-state index in [1.165, 1.54) is 10.6 Å². The molecule has 1 aliphatic rings. The molecule has 4 aromatic rings. The number of rotatable bonds is 8. The minimum absolute atomic E-state index is 0.0555. The van der Waals surface area contributed by atoms with Crippen LogP contribution in [0.25, 0.3) is 11.0 Å². The summed E-state index contributed by atoms with van der Waals surface area (Å²) in [6.45, 7) is 8.42. The van der Waals surface area contributed by atoms with Crippen LogP contribution in [-0.4, -0.2) is 64.8 Å². The number of fused-ring (bicyclic) bond motifs is 1. The average molecular weight is 475 g/mol. The Labute approximate surface area is 204 Å². The number of amides is 1. The van der Waals surface area contributed by atoms with Crippen LogP contribution < -0.4 is 10.2 Å². The summed E-state index contributed by atoms with van der Waals surface area (Å²) in [7, 11) is 0. The minimum atomic E-state index is -0.0555. The van der Waals surface area contributed by atoms with Crippen molar-refractivity contribution in [2.45, 2.75) is 19.9 Å². The van der Waals surface area contributed by atoms with Crippen molar-refractivity contribution >= 4 is 34.0 Å². The van der Waals surface area contributed by atoms with Crippen molar-refractivity contribution in [2.24, 2.45) is 0 Å². The number of anilines is 1. The zero-order valence-corrected chi connectivity index (χ0v) is 20.3. The highest BCUT2D eigenvalue weighted by Gasteiger charge is 2.18. The molecule has 1 amide bonds. The first-order chi connectivity index (χ1) is 16.7. The number of benzene rings is 1. The maximum Gasteiger partial charge on any atom is 0.252 e. The largest absolute Gasteiger partial charge is 0.369 e. The Balaban J connectivity index is 1.13. The molecule has 7 nitrogen and oxygen atoms in total. The number of pyridine rings is 1. The summed E-state index contributed by atoms with van der Waals surface area (Å²) in [6.07, 6.45) is 2.69. The fraction of sp³-hybridized carbons (Fsp3) is 0.346. The normalized spacial score (nSPS) is 14.6. The second-order valence-electron chi connectivity index (χ2n) is 8.70. The number of thiophene rings is 1. The first kappa shape index (κ1) is 22.6. The third-order valence-electron chi connectivity index (χ3n) is 6.30. The van der Waals surface area contributed by atoms with E-state index in [9.17, 15) is 4.79 Å². The van der Waals surface area contributed by atoms with Crippen LogP contribution in [0.2, 0.25) is 0 Å². The Morgan fingerprint density at radius 3 is 2.68 bits per heavy atom. The van der Waals surface area contributed by atoms with Gasteiger partial charge in [0.25, 0.3) is 5.91 Å². The van der Waals surface area contributed by atoms with Gasteiger partial charge in [0.15, 0.2) is 5.65 Å². The van der Waals surface area contributed by atoms with Crippen LogP contribution >= 0.6 is 11.3 Å². The first-order valence-electron chi connectivity index (χ1n) is 11.8. The Morgan fingerprint density at radius 1 is 1.09 bits per heavy atom.